The van der Waals surface area contributed by atoms with E-state index in [9.17, 15) is 4.79 Å². The van der Waals surface area contributed by atoms with E-state index in [0.717, 1.165) is 12.0 Å². The minimum atomic E-state index is 0.00602. The van der Waals surface area contributed by atoms with Crippen molar-refractivity contribution in [3.05, 3.63) is 23.3 Å². The molecular weight excluding hydrogens is 232 g/mol. The van der Waals surface area contributed by atoms with Gasteiger partial charge in [0.15, 0.2) is 17.3 Å². The molecule has 0 aromatic heterocycles. The molecule has 1 aromatic carbocycles. The van der Waals surface area contributed by atoms with Gasteiger partial charge in [0.2, 0.25) is 0 Å². The second kappa shape index (κ2) is 5.87. The molecule has 0 aliphatic carbocycles. The Morgan fingerprint density at radius 2 is 1.83 bits per heavy atom. The zero-order valence-corrected chi connectivity index (χ0v) is 10.8. The summed E-state index contributed by atoms with van der Waals surface area (Å²) in [4.78, 5) is 11.9. The molecule has 0 bridgehead atoms. The van der Waals surface area contributed by atoms with Gasteiger partial charge in [-0.2, -0.15) is 0 Å². The molecule has 4 nitrogen and oxygen atoms in total. The van der Waals surface area contributed by atoms with Gasteiger partial charge in [0.05, 0.1) is 19.8 Å². The van der Waals surface area contributed by atoms with Crippen molar-refractivity contribution in [1.82, 2.24) is 0 Å². The predicted molar refractivity (Wildman–Crippen MR) is 67.6 cm³/mol. The molecule has 0 N–H and O–H groups in total. The minimum Gasteiger partial charge on any atom is -0.490 e. The van der Waals surface area contributed by atoms with Gasteiger partial charge in [0, 0.05) is 5.56 Å². The lowest BCUT2D eigenvalue weighted by Gasteiger charge is -2.14. The molecule has 0 saturated heterocycles. The van der Waals surface area contributed by atoms with E-state index in [1.165, 1.54) is 0 Å². The Morgan fingerprint density at radius 1 is 1.17 bits per heavy atom. The van der Waals surface area contributed by atoms with Crippen LogP contribution in [0.15, 0.2) is 12.1 Å². The minimum absolute atomic E-state index is 0.00602. The Morgan fingerprint density at radius 3 is 2.50 bits per heavy atom. The van der Waals surface area contributed by atoms with Crippen molar-refractivity contribution in [3.8, 4) is 11.5 Å². The average molecular weight is 250 g/mol. The molecular formula is C14H18O4. The van der Waals surface area contributed by atoms with Gasteiger partial charge in [0.1, 0.15) is 6.61 Å². The van der Waals surface area contributed by atoms with Crippen molar-refractivity contribution >= 4 is 5.78 Å². The first-order valence-corrected chi connectivity index (χ1v) is 6.29. The van der Waals surface area contributed by atoms with E-state index in [-0.39, 0.29) is 12.4 Å². The number of hydrogen-bond donors (Lipinski definition) is 0. The van der Waals surface area contributed by atoms with Crippen molar-refractivity contribution in [2.75, 3.05) is 26.4 Å². The molecule has 0 unspecified atom stereocenters. The van der Waals surface area contributed by atoms with Crippen LogP contribution in [0.1, 0.15) is 29.8 Å². The number of ketones is 1. The molecule has 98 valence electrons. The van der Waals surface area contributed by atoms with E-state index in [1.54, 1.807) is 6.07 Å². The van der Waals surface area contributed by atoms with E-state index in [2.05, 4.69) is 0 Å². The van der Waals surface area contributed by atoms with Crippen LogP contribution < -0.4 is 9.47 Å². The van der Waals surface area contributed by atoms with Crippen molar-refractivity contribution < 1.29 is 19.0 Å². The average Bonchev–Trinajstić information content (AvgIpc) is 2.53. The monoisotopic (exact) mass is 250 g/mol. The number of fused-ring (bicyclic) bond motifs is 1. The number of Topliss-reactive ketones (excluding diaryl/α,β-unsaturated/α-hetero) is 1. The van der Waals surface area contributed by atoms with Gasteiger partial charge >= 0.3 is 0 Å². The van der Waals surface area contributed by atoms with Crippen LogP contribution in [0.4, 0.5) is 0 Å². The van der Waals surface area contributed by atoms with Crippen molar-refractivity contribution in [2.45, 2.75) is 20.3 Å². The number of benzene rings is 1. The predicted octanol–water partition coefficient (Wildman–Crippen LogP) is 2.24. The third-order valence-corrected chi connectivity index (χ3v) is 2.82. The second-order valence-electron chi connectivity index (χ2n) is 4.05. The van der Waals surface area contributed by atoms with Crippen molar-refractivity contribution in [3.63, 3.8) is 0 Å². The normalized spacial score (nSPS) is 14.9. The first-order valence-electron chi connectivity index (χ1n) is 6.29. The van der Waals surface area contributed by atoms with Gasteiger partial charge in [0.25, 0.3) is 0 Å². The van der Waals surface area contributed by atoms with Gasteiger partial charge in [-0.05, 0) is 38.0 Å². The Labute approximate surface area is 107 Å². The molecule has 1 aromatic rings. The highest BCUT2D eigenvalue weighted by Gasteiger charge is 2.19. The largest absolute Gasteiger partial charge is 0.490 e. The van der Waals surface area contributed by atoms with Crippen LogP contribution in [0.3, 0.4) is 0 Å². The highest BCUT2D eigenvalue weighted by atomic mass is 16.5. The van der Waals surface area contributed by atoms with E-state index >= 15 is 0 Å². The molecule has 1 aliphatic rings. The fourth-order valence-electron chi connectivity index (χ4n) is 2.03. The lowest BCUT2D eigenvalue weighted by atomic mass is 10.0. The number of rotatable bonds is 4. The summed E-state index contributed by atoms with van der Waals surface area (Å²) in [6.45, 7) is 5.67. The Kier molecular flexibility index (Phi) is 4.20. The molecule has 1 aliphatic heterocycles. The first-order chi connectivity index (χ1) is 8.76. The summed E-state index contributed by atoms with van der Waals surface area (Å²) in [5.41, 5.74) is 1.67. The van der Waals surface area contributed by atoms with Crippen molar-refractivity contribution in [1.29, 1.82) is 0 Å². The van der Waals surface area contributed by atoms with Gasteiger partial charge < -0.3 is 14.2 Å². The fourth-order valence-corrected chi connectivity index (χ4v) is 2.03. The molecule has 18 heavy (non-hydrogen) atoms. The van der Waals surface area contributed by atoms with Gasteiger partial charge in [-0.3, -0.25) is 4.79 Å². The summed E-state index contributed by atoms with van der Waals surface area (Å²) >= 11 is 0. The third kappa shape index (κ3) is 2.64. The SMILES string of the molecule is CCOc1cc2c(cc1OCC)C(=O)COCC2. The molecule has 0 spiro atoms. The zero-order valence-electron chi connectivity index (χ0n) is 10.8. The van der Waals surface area contributed by atoms with E-state index < -0.39 is 0 Å². The molecule has 0 radical (unpaired) electrons. The third-order valence-electron chi connectivity index (χ3n) is 2.82. The highest BCUT2D eigenvalue weighted by molar-refractivity contribution is 5.99. The van der Waals surface area contributed by atoms with Crippen LogP contribution in [0.5, 0.6) is 11.5 Å². The Bertz CT molecular complexity index is 440. The van der Waals surface area contributed by atoms with E-state index in [4.69, 9.17) is 14.2 Å². The van der Waals surface area contributed by atoms with Crippen LogP contribution in [-0.2, 0) is 11.2 Å². The maximum absolute atomic E-state index is 11.9. The first kappa shape index (κ1) is 12.9. The van der Waals surface area contributed by atoms with Gasteiger partial charge in [-0.1, -0.05) is 0 Å². The van der Waals surface area contributed by atoms with Gasteiger partial charge in [-0.15, -0.1) is 0 Å². The van der Waals surface area contributed by atoms with E-state index in [1.807, 2.05) is 19.9 Å². The maximum Gasteiger partial charge on any atom is 0.188 e. The summed E-state index contributed by atoms with van der Waals surface area (Å²) in [6, 6.07) is 3.68. The molecule has 2 rings (SSSR count). The number of carbonyl (C=O) groups is 1. The smallest absolute Gasteiger partial charge is 0.188 e. The van der Waals surface area contributed by atoms with Crippen LogP contribution in [0.25, 0.3) is 0 Å². The quantitative estimate of drug-likeness (QED) is 0.822. The number of ether oxygens (including phenoxy) is 3. The molecule has 0 fully saturated rings. The fraction of sp³-hybridized carbons (Fsp3) is 0.500. The van der Waals surface area contributed by atoms with E-state index in [0.29, 0.717) is 36.9 Å². The molecule has 4 heteroatoms. The van der Waals surface area contributed by atoms with Crippen LogP contribution in [0.2, 0.25) is 0 Å². The highest BCUT2D eigenvalue weighted by Crippen LogP contribution is 2.32. The van der Waals surface area contributed by atoms with Crippen LogP contribution in [-0.4, -0.2) is 32.2 Å². The van der Waals surface area contributed by atoms with Crippen molar-refractivity contribution in [2.24, 2.45) is 0 Å². The summed E-state index contributed by atoms with van der Waals surface area (Å²) in [6.07, 6.45) is 0.730. The number of carbonyl (C=O) groups excluding carboxylic acids is 1. The van der Waals surface area contributed by atoms with Crippen LogP contribution >= 0.6 is 0 Å². The lowest BCUT2D eigenvalue weighted by molar-refractivity contribution is 0.0788. The molecule has 0 saturated carbocycles. The molecule has 0 amide bonds. The topological polar surface area (TPSA) is 44.8 Å². The zero-order chi connectivity index (χ0) is 13.0. The van der Waals surface area contributed by atoms with Gasteiger partial charge in [-0.25, -0.2) is 0 Å². The summed E-state index contributed by atoms with van der Waals surface area (Å²) < 4.78 is 16.3. The van der Waals surface area contributed by atoms with Crippen LogP contribution in [0, 0.1) is 0 Å². The Balaban J connectivity index is 2.43. The standard InChI is InChI=1S/C14H18O4/c1-3-17-13-7-10-5-6-16-9-12(15)11(10)8-14(13)18-4-2/h7-8H,3-6,9H2,1-2H3. The molecule has 0 atom stereocenters. The second-order valence-corrected chi connectivity index (χ2v) is 4.05. The summed E-state index contributed by atoms with van der Waals surface area (Å²) in [7, 11) is 0. The molecule has 1 heterocycles. The number of hydrogen-bond acceptors (Lipinski definition) is 4. The maximum atomic E-state index is 11.9. The Hall–Kier alpha value is -1.55. The summed E-state index contributed by atoms with van der Waals surface area (Å²) in [5.74, 6) is 1.34. The summed E-state index contributed by atoms with van der Waals surface area (Å²) in [5, 5.41) is 0. The lowest BCUT2D eigenvalue weighted by Crippen LogP contribution is -2.08.